The van der Waals surface area contributed by atoms with Gasteiger partial charge >= 0.3 is 5.97 Å². The van der Waals surface area contributed by atoms with Crippen LogP contribution in [-0.4, -0.2) is 18.7 Å². The van der Waals surface area contributed by atoms with Crippen LogP contribution in [0.2, 0.25) is 0 Å². The van der Waals surface area contributed by atoms with Crippen molar-refractivity contribution < 1.29 is 19.3 Å². The monoisotopic (exact) mass is 392 g/mol. The first-order valence-electron chi connectivity index (χ1n) is 11.2. The van der Waals surface area contributed by atoms with E-state index >= 15 is 0 Å². The quantitative estimate of drug-likeness (QED) is 0.159. The molecular weight excluding hydrogens is 352 g/mol. The number of hydrogen-bond donors (Lipinski definition) is 0. The van der Waals surface area contributed by atoms with Gasteiger partial charge in [-0.3, -0.25) is 4.89 Å². The van der Waals surface area contributed by atoms with Crippen LogP contribution < -0.4 is 4.74 Å². The van der Waals surface area contributed by atoms with Gasteiger partial charge in [-0.15, -0.1) is 0 Å². The van der Waals surface area contributed by atoms with Crippen molar-refractivity contribution in [1.82, 2.24) is 0 Å². The summed E-state index contributed by atoms with van der Waals surface area (Å²) in [4.78, 5) is 21.8. The largest absolute Gasteiger partial charge is 0.491 e. The first-order valence-corrected chi connectivity index (χ1v) is 11.2. The molecule has 4 nitrogen and oxygen atoms in total. The third-order valence-electron chi connectivity index (χ3n) is 4.68. The minimum absolute atomic E-state index is 0.108. The van der Waals surface area contributed by atoms with Crippen LogP contribution in [0.25, 0.3) is 0 Å². The van der Waals surface area contributed by atoms with Crippen LogP contribution in [0.15, 0.2) is 24.3 Å². The Morgan fingerprint density at radius 1 is 0.786 bits per heavy atom. The first kappa shape index (κ1) is 24.5. The second-order valence-corrected chi connectivity index (χ2v) is 7.77. The molecule has 0 radical (unpaired) electrons. The highest BCUT2D eigenvalue weighted by Gasteiger charge is 2.08. The Bertz CT molecular complexity index is 496. The zero-order valence-electron chi connectivity index (χ0n) is 18.2. The van der Waals surface area contributed by atoms with Crippen molar-refractivity contribution in [2.24, 2.45) is 0 Å². The van der Waals surface area contributed by atoms with Gasteiger partial charge in [0.15, 0.2) is 0 Å². The second kappa shape index (κ2) is 16.4. The van der Waals surface area contributed by atoms with Gasteiger partial charge in [0.2, 0.25) is 0 Å². The van der Waals surface area contributed by atoms with E-state index in [0.717, 1.165) is 18.6 Å². The van der Waals surface area contributed by atoms with Crippen molar-refractivity contribution >= 4 is 5.97 Å². The average molecular weight is 393 g/mol. The lowest BCUT2D eigenvalue weighted by atomic mass is 10.1. The van der Waals surface area contributed by atoms with E-state index in [1.54, 1.807) is 24.3 Å². The lowest BCUT2D eigenvalue weighted by Crippen LogP contribution is -2.08. The van der Waals surface area contributed by atoms with E-state index in [-0.39, 0.29) is 6.10 Å². The summed E-state index contributed by atoms with van der Waals surface area (Å²) in [6.07, 6.45) is 15.7. The Morgan fingerprint density at radius 3 is 1.79 bits per heavy atom. The number of carbonyl (C=O) groups is 1. The topological polar surface area (TPSA) is 44.8 Å². The third kappa shape index (κ3) is 12.8. The van der Waals surface area contributed by atoms with Gasteiger partial charge in [-0.25, -0.2) is 4.79 Å². The average Bonchev–Trinajstić information content (AvgIpc) is 2.68. The maximum atomic E-state index is 11.9. The zero-order chi connectivity index (χ0) is 20.5. The highest BCUT2D eigenvalue weighted by atomic mass is 17.2. The van der Waals surface area contributed by atoms with Gasteiger partial charge in [0, 0.05) is 0 Å². The summed E-state index contributed by atoms with van der Waals surface area (Å²) in [5, 5.41) is 0. The Kier molecular flexibility index (Phi) is 14.4. The summed E-state index contributed by atoms with van der Waals surface area (Å²) in [6, 6.07) is 6.91. The standard InChI is InChI=1S/C24H40O4/c1-4-5-6-7-8-9-10-11-12-13-14-15-20-26-28-24(25)22-16-18-23(19-17-22)27-21(2)3/h16-19,21H,4-15,20H2,1-3H3. The van der Waals surface area contributed by atoms with Gasteiger partial charge in [0.05, 0.1) is 18.3 Å². The molecule has 28 heavy (non-hydrogen) atoms. The minimum Gasteiger partial charge on any atom is -0.491 e. The predicted molar refractivity (Wildman–Crippen MR) is 115 cm³/mol. The van der Waals surface area contributed by atoms with Crippen LogP contribution in [0.1, 0.15) is 108 Å². The van der Waals surface area contributed by atoms with E-state index in [2.05, 4.69) is 6.92 Å². The fourth-order valence-corrected chi connectivity index (χ4v) is 3.09. The van der Waals surface area contributed by atoms with Gasteiger partial charge in [-0.05, 0) is 44.5 Å². The Labute approximate surface area is 171 Å². The molecule has 1 rings (SSSR count). The van der Waals surface area contributed by atoms with E-state index in [4.69, 9.17) is 14.5 Å². The molecule has 0 atom stereocenters. The van der Waals surface area contributed by atoms with Crippen LogP contribution in [0, 0.1) is 0 Å². The van der Waals surface area contributed by atoms with E-state index in [1.807, 2.05) is 13.8 Å². The van der Waals surface area contributed by atoms with Crippen molar-refractivity contribution in [1.29, 1.82) is 0 Å². The summed E-state index contributed by atoms with van der Waals surface area (Å²) in [7, 11) is 0. The van der Waals surface area contributed by atoms with E-state index in [9.17, 15) is 4.79 Å². The molecule has 160 valence electrons. The molecule has 1 aromatic rings. The summed E-state index contributed by atoms with van der Waals surface area (Å²) in [6.45, 7) is 6.65. The highest BCUT2D eigenvalue weighted by molar-refractivity contribution is 5.89. The molecule has 0 aromatic heterocycles. The maximum Gasteiger partial charge on any atom is 0.373 e. The number of benzene rings is 1. The minimum atomic E-state index is -0.463. The van der Waals surface area contributed by atoms with Crippen LogP contribution in [0.5, 0.6) is 5.75 Å². The van der Waals surface area contributed by atoms with Crippen molar-refractivity contribution in [2.45, 2.75) is 104 Å². The van der Waals surface area contributed by atoms with Gasteiger partial charge in [0.1, 0.15) is 5.75 Å². The van der Waals surface area contributed by atoms with Crippen molar-refractivity contribution in [3.05, 3.63) is 29.8 Å². The van der Waals surface area contributed by atoms with Gasteiger partial charge in [-0.2, -0.15) is 4.89 Å². The fraction of sp³-hybridized carbons (Fsp3) is 0.708. The molecule has 0 saturated heterocycles. The number of hydrogen-bond acceptors (Lipinski definition) is 4. The van der Waals surface area contributed by atoms with Crippen LogP contribution >= 0.6 is 0 Å². The van der Waals surface area contributed by atoms with Crippen LogP contribution in [0.4, 0.5) is 0 Å². The highest BCUT2D eigenvalue weighted by Crippen LogP contribution is 2.15. The molecule has 0 fully saturated rings. The molecular formula is C24H40O4. The smallest absolute Gasteiger partial charge is 0.373 e. The summed E-state index contributed by atoms with van der Waals surface area (Å²) < 4.78 is 5.55. The molecule has 0 amide bonds. The predicted octanol–water partition coefficient (Wildman–Crippen LogP) is 7.26. The molecule has 0 aliphatic heterocycles. The summed E-state index contributed by atoms with van der Waals surface area (Å²) >= 11 is 0. The molecule has 0 heterocycles. The van der Waals surface area contributed by atoms with Gasteiger partial charge in [0.25, 0.3) is 0 Å². The SMILES string of the molecule is CCCCCCCCCCCCCCOOC(=O)c1ccc(OC(C)C)cc1. The second-order valence-electron chi connectivity index (χ2n) is 7.77. The number of unbranched alkanes of at least 4 members (excludes halogenated alkanes) is 11. The molecule has 0 spiro atoms. The molecule has 1 aromatic carbocycles. The van der Waals surface area contributed by atoms with Crippen molar-refractivity contribution in [2.75, 3.05) is 6.61 Å². The molecule has 0 aliphatic rings. The Morgan fingerprint density at radius 2 is 1.29 bits per heavy atom. The Balaban J connectivity index is 1.93. The van der Waals surface area contributed by atoms with E-state index in [1.165, 1.54) is 64.2 Å². The molecule has 0 aliphatic carbocycles. The lowest BCUT2D eigenvalue weighted by Gasteiger charge is -2.09. The molecule has 0 unspecified atom stereocenters. The van der Waals surface area contributed by atoms with Gasteiger partial charge < -0.3 is 4.74 Å². The Hall–Kier alpha value is -1.55. The lowest BCUT2D eigenvalue weighted by molar-refractivity contribution is -0.241. The molecule has 0 N–H and O–H groups in total. The van der Waals surface area contributed by atoms with Crippen LogP contribution in [0.3, 0.4) is 0 Å². The first-order chi connectivity index (χ1) is 13.6. The van der Waals surface area contributed by atoms with Crippen molar-refractivity contribution in [3.63, 3.8) is 0 Å². The zero-order valence-corrected chi connectivity index (χ0v) is 18.2. The number of ether oxygens (including phenoxy) is 1. The third-order valence-corrected chi connectivity index (χ3v) is 4.68. The van der Waals surface area contributed by atoms with Crippen LogP contribution in [-0.2, 0) is 9.78 Å². The molecule has 0 bridgehead atoms. The fourth-order valence-electron chi connectivity index (χ4n) is 3.09. The molecule has 0 saturated carbocycles. The van der Waals surface area contributed by atoms with Gasteiger partial charge in [-0.1, -0.05) is 77.6 Å². The number of rotatable bonds is 17. The van der Waals surface area contributed by atoms with E-state index < -0.39 is 5.97 Å². The summed E-state index contributed by atoms with van der Waals surface area (Å²) in [5.74, 6) is 0.277. The maximum absolute atomic E-state index is 11.9. The molecule has 4 heteroatoms. The number of carbonyl (C=O) groups excluding carboxylic acids is 1. The van der Waals surface area contributed by atoms with Crippen molar-refractivity contribution in [3.8, 4) is 5.75 Å². The normalized spacial score (nSPS) is 11.0. The van der Waals surface area contributed by atoms with E-state index in [0.29, 0.717) is 12.2 Å². The summed E-state index contributed by atoms with van der Waals surface area (Å²) in [5.41, 5.74) is 0.464.